The summed E-state index contributed by atoms with van der Waals surface area (Å²) in [4.78, 5) is 0. The Morgan fingerprint density at radius 3 is 2.54 bits per heavy atom. The molecule has 1 aliphatic rings. The Morgan fingerprint density at radius 1 is 1.15 bits per heavy atom. The summed E-state index contributed by atoms with van der Waals surface area (Å²) in [6, 6.07) is 13.2. The average Bonchev–Trinajstić information content (AvgIpc) is 2.66. The molecule has 6 heteroatoms. The van der Waals surface area contributed by atoms with Crippen LogP contribution in [-0.4, -0.2) is 47.3 Å². The molecule has 0 amide bonds. The molecule has 5 nitrogen and oxygen atoms in total. The van der Waals surface area contributed by atoms with E-state index in [4.69, 9.17) is 21.1 Å². The number of methoxy groups -OCH3 is 1. The minimum atomic E-state index is -1.05. The predicted octanol–water partition coefficient (Wildman–Crippen LogP) is 2.48. The second-order valence-electron chi connectivity index (χ2n) is 6.53. The van der Waals surface area contributed by atoms with Gasteiger partial charge >= 0.3 is 0 Å². The van der Waals surface area contributed by atoms with Crippen LogP contribution in [0.2, 0.25) is 5.02 Å². The first-order valence-electron chi connectivity index (χ1n) is 8.55. The van der Waals surface area contributed by atoms with Gasteiger partial charge in [0.15, 0.2) is 0 Å². The van der Waals surface area contributed by atoms with Crippen molar-refractivity contribution >= 4 is 11.6 Å². The predicted molar refractivity (Wildman–Crippen MR) is 98.6 cm³/mol. The SMILES string of the molecule is COc1ccc(Cc2cc([C@@H]3OC(CO)CC(O)[C@H]3O)ccc2Cl)cc1. The number of halogens is 1. The van der Waals surface area contributed by atoms with E-state index in [0.717, 1.165) is 22.4 Å². The lowest BCUT2D eigenvalue weighted by Gasteiger charge is -2.37. The van der Waals surface area contributed by atoms with Gasteiger partial charge in [-0.2, -0.15) is 0 Å². The first kappa shape index (κ1) is 19.1. The van der Waals surface area contributed by atoms with Gasteiger partial charge in [-0.1, -0.05) is 35.9 Å². The Labute approximate surface area is 157 Å². The van der Waals surface area contributed by atoms with Crippen LogP contribution < -0.4 is 4.74 Å². The van der Waals surface area contributed by atoms with E-state index in [9.17, 15) is 15.3 Å². The summed E-state index contributed by atoms with van der Waals surface area (Å²) in [6.45, 7) is -0.202. The summed E-state index contributed by atoms with van der Waals surface area (Å²) in [5.74, 6) is 0.788. The summed E-state index contributed by atoms with van der Waals surface area (Å²) in [7, 11) is 1.62. The van der Waals surface area contributed by atoms with Crippen LogP contribution in [0.1, 0.15) is 29.2 Å². The molecule has 1 aliphatic heterocycles. The van der Waals surface area contributed by atoms with Gasteiger partial charge in [-0.15, -0.1) is 0 Å². The molecule has 26 heavy (non-hydrogen) atoms. The molecule has 140 valence electrons. The van der Waals surface area contributed by atoms with Crippen LogP contribution in [0.3, 0.4) is 0 Å². The molecule has 2 unspecified atom stereocenters. The van der Waals surface area contributed by atoms with Crippen molar-refractivity contribution in [1.29, 1.82) is 0 Å². The van der Waals surface area contributed by atoms with Crippen molar-refractivity contribution in [1.82, 2.24) is 0 Å². The van der Waals surface area contributed by atoms with Crippen molar-refractivity contribution < 1.29 is 24.8 Å². The molecule has 0 radical (unpaired) electrons. The zero-order valence-corrected chi connectivity index (χ0v) is 15.3. The normalized spacial score (nSPS) is 25.9. The molecule has 2 aromatic carbocycles. The van der Waals surface area contributed by atoms with Gasteiger partial charge < -0.3 is 24.8 Å². The molecule has 3 rings (SSSR count). The Morgan fingerprint density at radius 2 is 1.88 bits per heavy atom. The Bertz CT molecular complexity index is 733. The molecule has 3 N–H and O–H groups in total. The third-order valence-corrected chi connectivity index (χ3v) is 5.07. The minimum absolute atomic E-state index is 0.202. The van der Waals surface area contributed by atoms with Gasteiger partial charge in [-0.05, 0) is 41.3 Å². The fourth-order valence-corrected chi connectivity index (χ4v) is 3.40. The van der Waals surface area contributed by atoms with Crippen molar-refractivity contribution in [3.63, 3.8) is 0 Å². The fraction of sp³-hybridized carbons (Fsp3) is 0.400. The quantitative estimate of drug-likeness (QED) is 0.745. The van der Waals surface area contributed by atoms with Gasteiger partial charge in [0.2, 0.25) is 0 Å². The molecular formula is C20H23ClO5. The molecule has 0 bridgehead atoms. The van der Waals surface area contributed by atoms with Crippen molar-refractivity contribution in [3.05, 3.63) is 64.2 Å². The third-order valence-electron chi connectivity index (χ3n) is 4.70. The number of hydrogen-bond donors (Lipinski definition) is 3. The van der Waals surface area contributed by atoms with Crippen molar-refractivity contribution in [2.75, 3.05) is 13.7 Å². The number of benzene rings is 2. The van der Waals surface area contributed by atoms with E-state index in [0.29, 0.717) is 11.4 Å². The summed E-state index contributed by atoms with van der Waals surface area (Å²) >= 11 is 6.35. The lowest BCUT2D eigenvalue weighted by atomic mass is 9.91. The van der Waals surface area contributed by atoms with E-state index in [-0.39, 0.29) is 13.0 Å². The van der Waals surface area contributed by atoms with Crippen LogP contribution in [0.4, 0.5) is 0 Å². The highest BCUT2D eigenvalue weighted by Crippen LogP contribution is 2.34. The third kappa shape index (κ3) is 4.19. The second-order valence-corrected chi connectivity index (χ2v) is 6.94. The first-order chi connectivity index (χ1) is 12.5. The van der Waals surface area contributed by atoms with Crippen LogP contribution in [0, 0.1) is 0 Å². The summed E-state index contributed by atoms with van der Waals surface area (Å²) in [6.07, 6.45) is -2.37. The molecule has 0 aromatic heterocycles. The van der Waals surface area contributed by atoms with Crippen LogP contribution in [-0.2, 0) is 11.2 Å². The monoisotopic (exact) mass is 378 g/mol. The van der Waals surface area contributed by atoms with Gasteiger partial charge in [-0.25, -0.2) is 0 Å². The summed E-state index contributed by atoms with van der Waals surface area (Å²) < 4.78 is 10.9. The number of aliphatic hydroxyl groups is 3. The fourth-order valence-electron chi connectivity index (χ4n) is 3.22. The highest BCUT2D eigenvalue weighted by Gasteiger charge is 2.37. The summed E-state index contributed by atoms with van der Waals surface area (Å²) in [5.41, 5.74) is 2.69. The molecule has 1 fully saturated rings. The largest absolute Gasteiger partial charge is 0.497 e. The van der Waals surface area contributed by atoms with Crippen LogP contribution in [0.25, 0.3) is 0 Å². The van der Waals surface area contributed by atoms with Crippen LogP contribution in [0.5, 0.6) is 5.75 Å². The van der Waals surface area contributed by atoms with E-state index in [1.807, 2.05) is 30.3 Å². The molecule has 1 saturated heterocycles. The van der Waals surface area contributed by atoms with E-state index in [1.54, 1.807) is 19.2 Å². The molecule has 2 aromatic rings. The maximum Gasteiger partial charge on any atom is 0.118 e. The molecule has 0 spiro atoms. The molecular weight excluding hydrogens is 356 g/mol. The Balaban J connectivity index is 1.84. The van der Waals surface area contributed by atoms with Gasteiger partial charge in [0.05, 0.1) is 25.9 Å². The number of aliphatic hydroxyl groups excluding tert-OH is 3. The maximum atomic E-state index is 10.3. The Hall–Kier alpha value is -1.63. The number of hydrogen-bond acceptors (Lipinski definition) is 5. The van der Waals surface area contributed by atoms with Crippen LogP contribution in [0.15, 0.2) is 42.5 Å². The Kier molecular flexibility index (Phi) is 6.16. The minimum Gasteiger partial charge on any atom is -0.497 e. The highest BCUT2D eigenvalue weighted by atomic mass is 35.5. The van der Waals surface area contributed by atoms with Gasteiger partial charge in [0.1, 0.15) is 18.0 Å². The zero-order chi connectivity index (χ0) is 18.7. The first-order valence-corrected chi connectivity index (χ1v) is 8.93. The van der Waals surface area contributed by atoms with Crippen molar-refractivity contribution in [2.45, 2.75) is 37.3 Å². The zero-order valence-electron chi connectivity index (χ0n) is 14.5. The van der Waals surface area contributed by atoms with Gasteiger partial charge in [0.25, 0.3) is 0 Å². The van der Waals surface area contributed by atoms with E-state index < -0.39 is 24.4 Å². The summed E-state index contributed by atoms with van der Waals surface area (Å²) in [5, 5.41) is 30.3. The molecule has 1 heterocycles. The van der Waals surface area contributed by atoms with Crippen LogP contribution >= 0.6 is 11.6 Å². The van der Waals surface area contributed by atoms with Gasteiger partial charge in [0, 0.05) is 11.4 Å². The number of rotatable bonds is 5. The lowest BCUT2D eigenvalue weighted by molar-refractivity contribution is -0.179. The molecule has 0 aliphatic carbocycles. The standard InChI is InChI=1S/C20H23ClO5/c1-25-15-5-2-12(3-6-15)8-14-9-13(4-7-17(14)21)20-19(24)18(23)10-16(11-22)26-20/h2-7,9,16,18-20,22-24H,8,10-11H2,1H3/t16?,18?,19-,20+/m1/s1. The van der Waals surface area contributed by atoms with Crippen molar-refractivity contribution in [3.8, 4) is 5.75 Å². The topological polar surface area (TPSA) is 79.2 Å². The van der Waals surface area contributed by atoms with E-state index in [2.05, 4.69) is 0 Å². The molecule has 0 saturated carbocycles. The van der Waals surface area contributed by atoms with Gasteiger partial charge in [-0.3, -0.25) is 0 Å². The van der Waals surface area contributed by atoms with E-state index >= 15 is 0 Å². The second kappa shape index (κ2) is 8.37. The van der Waals surface area contributed by atoms with E-state index in [1.165, 1.54) is 0 Å². The number of ether oxygens (including phenoxy) is 2. The smallest absolute Gasteiger partial charge is 0.118 e. The van der Waals surface area contributed by atoms with Crippen molar-refractivity contribution in [2.24, 2.45) is 0 Å². The lowest BCUT2D eigenvalue weighted by Crippen LogP contribution is -2.44. The molecule has 4 atom stereocenters. The highest BCUT2D eigenvalue weighted by molar-refractivity contribution is 6.31. The average molecular weight is 379 g/mol. The maximum absolute atomic E-state index is 10.3.